The van der Waals surface area contributed by atoms with E-state index in [4.69, 9.17) is 9.47 Å². The van der Waals surface area contributed by atoms with Crippen LogP contribution in [0.3, 0.4) is 0 Å². The number of aromatic nitrogens is 2. The van der Waals surface area contributed by atoms with E-state index in [-0.39, 0.29) is 29.6 Å². The number of para-hydroxylation sites is 1. The fourth-order valence-electron chi connectivity index (χ4n) is 4.14. The van der Waals surface area contributed by atoms with Gasteiger partial charge in [0.25, 0.3) is 0 Å². The van der Waals surface area contributed by atoms with E-state index in [1.807, 2.05) is 6.07 Å². The summed E-state index contributed by atoms with van der Waals surface area (Å²) in [6.07, 6.45) is 0. The highest BCUT2D eigenvalue weighted by Crippen LogP contribution is 2.28. The predicted octanol–water partition coefficient (Wildman–Crippen LogP) is 3.00. The molecule has 1 aliphatic heterocycles. The van der Waals surface area contributed by atoms with Crippen molar-refractivity contribution in [1.29, 1.82) is 0 Å². The second-order valence-electron chi connectivity index (χ2n) is 7.88. The summed E-state index contributed by atoms with van der Waals surface area (Å²) in [6, 6.07) is 13.4. The number of carbonyl (C=O) groups is 1. The maximum absolute atomic E-state index is 13.2. The molecule has 0 bridgehead atoms. The lowest BCUT2D eigenvalue weighted by atomic mass is 10.1. The fraction of sp³-hybridized carbons (Fsp3) is 0.333. The summed E-state index contributed by atoms with van der Waals surface area (Å²) in [7, 11) is 3.06. The van der Waals surface area contributed by atoms with E-state index < -0.39 is 0 Å². The minimum absolute atomic E-state index is 0. The number of carbonyl (C=O) groups excluding carboxylic acids is 1. The number of H-pyrrole nitrogens is 2. The highest BCUT2D eigenvalue weighted by atomic mass is 35.5. The number of imidazole rings is 1. The first-order valence-electron chi connectivity index (χ1n) is 10.6. The quantitative estimate of drug-likeness (QED) is 0.514. The number of halogens is 1. The predicted molar refractivity (Wildman–Crippen MR) is 130 cm³/mol. The molecule has 2 heterocycles. The molecule has 0 aliphatic carbocycles. The van der Waals surface area contributed by atoms with Crippen LogP contribution in [-0.2, 0) is 6.54 Å². The summed E-state index contributed by atoms with van der Waals surface area (Å²) in [5, 5.41) is 0. The Labute approximate surface area is 198 Å². The van der Waals surface area contributed by atoms with Crippen LogP contribution in [0, 0.1) is 6.92 Å². The molecule has 1 fully saturated rings. The average molecular weight is 473 g/mol. The maximum Gasteiger partial charge on any atom is 0.323 e. The Morgan fingerprint density at radius 1 is 0.970 bits per heavy atom. The Hall–Kier alpha value is -3.23. The minimum atomic E-state index is -0.387. The topological polar surface area (TPSA) is 90.7 Å². The number of piperazine rings is 1. The first-order valence-corrected chi connectivity index (χ1v) is 10.6. The summed E-state index contributed by atoms with van der Waals surface area (Å²) < 4.78 is 10.5. The molecule has 33 heavy (non-hydrogen) atoms. The van der Waals surface area contributed by atoms with E-state index in [2.05, 4.69) is 44.9 Å². The Balaban J connectivity index is 0.00000306. The number of nitrogens with zero attached hydrogens (tertiary/aromatic N) is 2. The van der Waals surface area contributed by atoms with Gasteiger partial charge >= 0.3 is 5.69 Å². The molecule has 176 valence electrons. The number of aromatic amines is 2. The molecule has 1 aromatic heterocycles. The van der Waals surface area contributed by atoms with E-state index in [0.29, 0.717) is 29.3 Å². The standard InChI is InChI=1S/C24H28N4O4.ClH/c1-16-6-4-5-7-19(16)28-12-10-27(11-13-28)15-18-22(26-24(30)25-18)23(29)17-8-9-20(31-2)21(14-17)32-3;/h4-9,14H,10-13,15H2,1-3H3,(H2,25,26,30);1H. The molecular formula is C24H29ClN4O4. The van der Waals surface area contributed by atoms with Gasteiger partial charge < -0.3 is 24.3 Å². The molecule has 2 N–H and O–H groups in total. The molecule has 0 unspecified atom stereocenters. The molecule has 0 saturated carbocycles. The molecule has 0 radical (unpaired) electrons. The normalized spacial score (nSPS) is 14.0. The first kappa shape index (κ1) is 24.4. The molecule has 0 spiro atoms. The van der Waals surface area contributed by atoms with Crippen LogP contribution in [0.2, 0.25) is 0 Å². The summed E-state index contributed by atoms with van der Waals surface area (Å²) in [4.78, 5) is 35.3. The van der Waals surface area contributed by atoms with Gasteiger partial charge in [0.1, 0.15) is 5.69 Å². The molecule has 2 aromatic carbocycles. The molecule has 0 amide bonds. The van der Waals surface area contributed by atoms with Crippen molar-refractivity contribution in [2.24, 2.45) is 0 Å². The second kappa shape index (κ2) is 10.6. The molecule has 4 rings (SSSR count). The number of methoxy groups -OCH3 is 2. The van der Waals surface area contributed by atoms with Crippen LogP contribution < -0.4 is 20.1 Å². The third-order valence-corrected chi connectivity index (χ3v) is 5.89. The highest BCUT2D eigenvalue weighted by molar-refractivity contribution is 6.08. The van der Waals surface area contributed by atoms with Gasteiger partial charge in [-0.2, -0.15) is 0 Å². The number of hydrogen-bond acceptors (Lipinski definition) is 6. The second-order valence-corrected chi connectivity index (χ2v) is 7.88. The van der Waals surface area contributed by atoms with Gasteiger partial charge in [0.2, 0.25) is 5.78 Å². The van der Waals surface area contributed by atoms with Crippen molar-refractivity contribution >= 4 is 23.9 Å². The summed E-state index contributed by atoms with van der Waals surface area (Å²) in [5.74, 6) is 0.737. The van der Waals surface area contributed by atoms with Crippen molar-refractivity contribution in [3.63, 3.8) is 0 Å². The number of aryl methyl sites for hydroxylation is 1. The Bertz CT molecular complexity index is 1170. The molecule has 9 heteroatoms. The fourth-order valence-corrected chi connectivity index (χ4v) is 4.14. The van der Waals surface area contributed by atoms with Crippen molar-refractivity contribution in [2.45, 2.75) is 13.5 Å². The Morgan fingerprint density at radius 2 is 1.67 bits per heavy atom. The Morgan fingerprint density at radius 3 is 2.33 bits per heavy atom. The van der Waals surface area contributed by atoms with Gasteiger partial charge in [0, 0.05) is 44.0 Å². The zero-order valence-corrected chi connectivity index (χ0v) is 19.8. The lowest BCUT2D eigenvalue weighted by Crippen LogP contribution is -2.46. The van der Waals surface area contributed by atoms with E-state index in [1.165, 1.54) is 18.4 Å². The maximum atomic E-state index is 13.2. The number of anilines is 1. The number of rotatable bonds is 7. The van der Waals surface area contributed by atoms with Gasteiger partial charge in [0.15, 0.2) is 11.5 Å². The van der Waals surface area contributed by atoms with E-state index in [9.17, 15) is 9.59 Å². The number of benzene rings is 2. The minimum Gasteiger partial charge on any atom is -0.493 e. The molecule has 0 atom stereocenters. The van der Waals surface area contributed by atoms with E-state index in [1.54, 1.807) is 25.3 Å². The van der Waals surface area contributed by atoms with Gasteiger partial charge in [-0.25, -0.2) is 4.79 Å². The lowest BCUT2D eigenvalue weighted by molar-refractivity contribution is 0.103. The van der Waals surface area contributed by atoms with Crippen molar-refractivity contribution in [2.75, 3.05) is 45.3 Å². The largest absolute Gasteiger partial charge is 0.493 e. The third-order valence-electron chi connectivity index (χ3n) is 5.89. The lowest BCUT2D eigenvalue weighted by Gasteiger charge is -2.36. The molecular weight excluding hydrogens is 444 g/mol. The number of hydrogen-bond donors (Lipinski definition) is 2. The first-order chi connectivity index (χ1) is 15.5. The van der Waals surface area contributed by atoms with Crippen LogP contribution in [0.1, 0.15) is 27.3 Å². The highest BCUT2D eigenvalue weighted by Gasteiger charge is 2.23. The average Bonchev–Trinajstić information content (AvgIpc) is 3.18. The smallest absolute Gasteiger partial charge is 0.323 e. The van der Waals surface area contributed by atoms with Crippen molar-refractivity contribution < 1.29 is 14.3 Å². The Kier molecular flexibility index (Phi) is 7.84. The van der Waals surface area contributed by atoms with Crippen LogP contribution >= 0.6 is 12.4 Å². The van der Waals surface area contributed by atoms with Crippen LogP contribution in [-0.4, -0.2) is 61.0 Å². The monoisotopic (exact) mass is 472 g/mol. The summed E-state index contributed by atoms with van der Waals surface area (Å²) in [6.45, 7) is 6.07. The number of nitrogens with one attached hydrogen (secondary N) is 2. The summed E-state index contributed by atoms with van der Waals surface area (Å²) >= 11 is 0. The summed E-state index contributed by atoms with van der Waals surface area (Å²) in [5.41, 5.74) is 3.43. The zero-order valence-electron chi connectivity index (χ0n) is 19.0. The van der Waals surface area contributed by atoms with Gasteiger partial charge in [0.05, 0.1) is 19.9 Å². The van der Waals surface area contributed by atoms with Crippen LogP contribution in [0.4, 0.5) is 5.69 Å². The third kappa shape index (κ3) is 5.23. The van der Waals surface area contributed by atoms with Gasteiger partial charge in [-0.15, -0.1) is 12.4 Å². The van der Waals surface area contributed by atoms with Crippen LogP contribution in [0.5, 0.6) is 11.5 Å². The number of ether oxygens (including phenoxy) is 2. The van der Waals surface area contributed by atoms with Gasteiger partial charge in [-0.3, -0.25) is 9.69 Å². The molecule has 1 saturated heterocycles. The molecule has 1 aliphatic rings. The van der Waals surface area contributed by atoms with Gasteiger partial charge in [-0.05, 0) is 36.8 Å². The van der Waals surface area contributed by atoms with Gasteiger partial charge in [-0.1, -0.05) is 18.2 Å². The van der Waals surface area contributed by atoms with Crippen molar-refractivity contribution in [3.8, 4) is 11.5 Å². The van der Waals surface area contributed by atoms with E-state index >= 15 is 0 Å². The molecule has 3 aromatic rings. The van der Waals surface area contributed by atoms with Crippen LogP contribution in [0.15, 0.2) is 47.3 Å². The zero-order chi connectivity index (χ0) is 22.7. The molecule has 8 nitrogen and oxygen atoms in total. The van der Waals surface area contributed by atoms with E-state index in [0.717, 1.165) is 26.2 Å². The van der Waals surface area contributed by atoms with Crippen molar-refractivity contribution in [3.05, 3.63) is 75.5 Å². The van der Waals surface area contributed by atoms with Crippen LogP contribution in [0.25, 0.3) is 0 Å². The SMILES string of the molecule is COc1ccc(C(=O)c2[nH]c(=O)[nH]c2CN2CCN(c3ccccc3C)CC2)cc1OC.Cl. The van der Waals surface area contributed by atoms with Crippen molar-refractivity contribution in [1.82, 2.24) is 14.9 Å². The number of ketones is 1.